The lowest BCUT2D eigenvalue weighted by atomic mass is 10.1. The van der Waals surface area contributed by atoms with E-state index in [0.29, 0.717) is 24.4 Å². The third kappa shape index (κ3) is 2.67. The molecule has 0 aromatic heterocycles. The molecule has 0 aliphatic carbocycles. The van der Waals surface area contributed by atoms with E-state index < -0.39 is 0 Å². The summed E-state index contributed by atoms with van der Waals surface area (Å²) in [5.41, 5.74) is 1.44. The Morgan fingerprint density at radius 1 is 1.50 bits per heavy atom. The molecule has 1 aliphatic rings. The number of para-hydroxylation sites is 2. The summed E-state index contributed by atoms with van der Waals surface area (Å²) >= 11 is 4.24. The van der Waals surface area contributed by atoms with Gasteiger partial charge in [0.1, 0.15) is 0 Å². The van der Waals surface area contributed by atoms with Gasteiger partial charge in [-0.15, -0.1) is 0 Å². The predicted molar refractivity (Wildman–Crippen MR) is 75.1 cm³/mol. The largest absolute Gasteiger partial charge is 0.325 e. The summed E-state index contributed by atoms with van der Waals surface area (Å²) in [5, 5.41) is 2.75. The fraction of sp³-hybridized carbons (Fsp3) is 0.385. The Hall–Kier alpha value is -1.49. The quantitative estimate of drug-likeness (QED) is 0.820. The molecule has 1 saturated heterocycles. The summed E-state index contributed by atoms with van der Waals surface area (Å²) in [6.07, 6.45) is 0.526. The Labute approximate surface area is 112 Å². The fourth-order valence-electron chi connectivity index (χ4n) is 2.14. The molecule has 96 valence electrons. The molecule has 2 amide bonds. The maximum atomic E-state index is 12.0. The molecule has 1 fully saturated rings. The van der Waals surface area contributed by atoms with Gasteiger partial charge in [-0.05, 0) is 23.8 Å². The first kappa shape index (κ1) is 13.0. The minimum Gasteiger partial charge on any atom is -0.325 e. The van der Waals surface area contributed by atoms with Crippen LogP contribution in [0.5, 0.6) is 0 Å². The van der Waals surface area contributed by atoms with E-state index in [1.54, 1.807) is 11.0 Å². The van der Waals surface area contributed by atoms with Gasteiger partial charge >= 0.3 is 0 Å². The normalized spacial score (nSPS) is 19.1. The van der Waals surface area contributed by atoms with E-state index >= 15 is 0 Å². The van der Waals surface area contributed by atoms with Gasteiger partial charge in [0.15, 0.2) is 0 Å². The van der Waals surface area contributed by atoms with Crippen LogP contribution in [0.2, 0.25) is 0 Å². The highest BCUT2D eigenvalue weighted by Gasteiger charge is 2.30. The van der Waals surface area contributed by atoms with Crippen LogP contribution in [0.3, 0.4) is 0 Å². The zero-order chi connectivity index (χ0) is 13.1. The van der Waals surface area contributed by atoms with E-state index in [-0.39, 0.29) is 17.7 Å². The van der Waals surface area contributed by atoms with Gasteiger partial charge in [0.05, 0.1) is 11.4 Å². The highest BCUT2D eigenvalue weighted by Crippen LogP contribution is 2.31. The van der Waals surface area contributed by atoms with Crippen LogP contribution in [0.15, 0.2) is 24.3 Å². The predicted octanol–water partition coefficient (Wildman–Crippen LogP) is 1.93. The van der Waals surface area contributed by atoms with Crippen molar-refractivity contribution in [3.63, 3.8) is 0 Å². The number of carbonyl (C=O) groups is 2. The van der Waals surface area contributed by atoms with Crippen molar-refractivity contribution in [1.82, 2.24) is 0 Å². The van der Waals surface area contributed by atoms with E-state index in [4.69, 9.17) is 0 Å². The molecular formula is C13H16N2O2S. The molecule has 1 aromatic rings. The molecule has 1 aliphatic heterocycles. The smallest absolute Gasteiger partial charge is 0.227 e. The number of rotatable bonds is 3. The molecule has 0 spiro atoms. The maximum absolute atomic E-state index is 12.0. The molecule has 18 heavy (non-hydrogen) atoms. The third-order valence-electron chi connectivity index (χ3n) is 2.97. The van der Waals surface area contributed by atoms with Crippen molar-refractivity contribution in [2.75, 3.05) is 22.5 Å². The summed E-state index contributed by atoms with van der Waals surface area (Å²) in [5.74, 6) is 0.933. The van der Waals surface area contributed by atoms with Crippen LogP contribution in [0.1, 0.15) is 13.3 Å². The number of benzene rings is 1. The van der Waals surface area contributed by atoms with Gasteiger partial charge in [-0.2, -0.15) is 12.6 Å². The molecule has 0 bridgehead atoms. The summed E-state index contributed by atoms with van der Waals surface area (Å²) in [4.78, 5) is 24.8. The van der Waals surface area contributed by atoms with Crippen molar-refractivity contribution >= 4 is 35.8 Å². The van der Waals surface area contributed by atoms with Crippen LogP contribution < -0.4 is 10.2 Å². The lowest BCUT2D eigenvalue weighted by molar-refractivity contribution is -0.117. The molecule has 1 unspecified atom stereocenters. The number of nitrogens with one attached hydrogen (secondary N) is 1. The maximum Gasteiger partial charge on any atom is 0.227 e. The van der Waals surface area contributed by atoms with Crippen LogP contribution in [0, 0.1) is 5.92 Å². The van der Waals surface area contributed by atoms with E-state index in [9.17, 15) is 9.59 Å². The molecule has 1 heterocycles. The SMILES string of the molecule is CC(=O)Nc1ccccc1N1CC(CS)CC1=O. The Kier molecular flexibility index (Phi) is 3.91. The molecular weight excluding hydrogens is 248 g/mol. The molecule has 1 atom stereocenters. The van der Waals surface area contributed by atoms with Crippen LogP contribution in [-0.4, -0.2) is 24.1 Å². The topological polar surface area (TPSA) is 49.4 Å². The number of thiol groups is 1. The molecule has 5 heteroatoms. The summed E-state index contributed by atoms with van der Waals surface area (Å²) < 4.78 is 0. The van der Waals surface area contributed by atoms with Gasteiger partial charge in [0.25, 0.3) is 0 Å². The van der Waals surface area contributed by atoms with Crippen molar-refractivity contribution in [3.05, 3.63) is 24.3 Å². The van der Waals surface area contributed by atoms with Crippen LogP contribution >= 0.6 is 12.6 Å². The molecule has 1 N–H and O–H groups in total. The van der Waals surface area contributed by atoms with Gasteiger partial charge in [0, 0.05) is 19.9 Å². The fourth-order valence-corrected chi connectivity index (χ4v) is 2.39. The second-order valence-corrected chi connectivity index (χ2v) is 4.82. The average Bonchev–Trinajstić information content (AvgIpc) is 2.70. The monoisotopic (exact) mass is 264 g/mol. The summed E-state index contributed by atoms with van der Waals surface area (Å²) in [6, 6.07) is 7.36. The van der Waals surface area contributed by atoms with Crippen LogP contribution in [-0.2, 0) is 9.59 Å². The first-order valence-corrected chi connectivity index (χ1v) is 6.53. The van der Waals surface area contributed by atoms with Crippen molar-refractivity contribution in [2.24, 2.45) is 5.92 Å². The Morgan fingerprint density at radius 3 is 2.83 bits per heavy atom. The van der Waals surface area contributed by atoms with Crippen molar-refractivity contribution < 1.29 is 9.59 Å². The lowest BCUT2D eigenvalue weighted by Gasteiger charge is -2.20. The molecule has 4 nitrogen and oxygen atoms in total. The van der Waals surface area contributed by atoms with Crippen LogP contribution in [0.25, 0.3) is 0 Å². The Morgan fingerprint density at radius 2 is 2.22 bits per heavy atom. The van der Waals surface area contributed by atoms with E-state index in [1.807, 2.05) is 18.2 Å². The molecule has 0 saturated carbocycles. The van der Waals surface area contributed by atoms with Gasteiger partial charge in [0.2, 0.25) is 11.8 Å². The molecule has 1 aromatic carbocycles. The zero-order valence-electron chi connectivity index (χ0n) is 10.2. The Bertz CT molecular complexity index is 476. The van der Waals surface area contributed by atoms with Gasteiger partial charge in [-0.3, -0.25) is 9.59 Å². The van der Waals surface area contributed by atoms with E-state index in [0.717, 1.165) is 5.69 Å². The lowest BCUT2D eigenvalue weighted by Crippen LogP contribution is -2.26. The van der Waals surface area contributed by atoms with Crippen molar-refractivity contribution in [1.29, 1.82) is 0 Å². The van der Waals surface area contributed by atoms with Crippen LogP contribution in [0.4, 0.5) is 11.4 Å². The second-order valence-electron chi connectivity index (χ2n) is 4.46. The van der Waals surface area contributed by atoms with Gasteiger partial charge < -0.3 is 10.2 Å². The Balaban J connectivity index is 2.27. The summed E-state index contributed by atoms with van der Waals surface area (Å²) in [6.45, 7) is 2.12. The number of carbonyl (C=O) groups excluding carboxylic acids is 2. The molecule has 2 rings (SSSR count). The van der Waals surface area contributed by atoms with Crippen molar-refractivity contribution in [3.8, 4) is 0 Å². The minimum absolute atomic E-state index is 0.0897. The zero-order valence-corrected chi connectivity index (χ0v) is 11.1. The number of anilines is 2. The molecule has 0 radical (unpaired) electrons. The number of amides is 2. The highest BCUT2D eigenvalue weighted by molar-refractivity contribution is 7.80. The summed E-state index contributed by atoms with van der Waals surface area (Å²) in [7, 11) is 0. The van der Waals surface area contributed by atoms with Gasteiger partial charge in [-0.1, -0.05) is 12.1 Å². The standard InChI is InChI=1S/C13H16N2O2S/c1-9(16)14-11-4-2-3-5-12(11)15-7-10(8-18)6-13(15)17/h2-5,10,18H,6-8H2,1H3,(H,14,16). The first-order chi connectivity index (χ1) is 8.61. The first-order valence-electron chi connectivity index (χ1n) is 5.89. The third-order valence-corrected chi connectivity index (χ3v) is 3.49. The second kappa shape index (κ2) is 5.44. The van der Waals surface area contributed by atoms with Crippen molar-refractivity contribution in [2.45, 2.75) is 13.3 Å². The number of hydrogen-bond acceptors (Lipinski definition) is 3. The average molecular weight is 264 g/mol. The minimum atomic E-state index is -0.139. The highest BCUT2D eigenvalue weighted by atomic mass is 32.1. The van der Waals surface area contributed by atoms with E-state index in [1.165, 1.54) is 6.92 Å². The number of hydrogen-bond donors (Lipinski definition) is 2. The number of nitrogens with zero attached hydrogens (tertiary/aromatic N) is 1. The van der Waals surface area contributed by atoms with Gasteiger partial charge in [-0.25, -0.2) is 0 Å². The van der Waals surface area contributed by atoms with E-state index in [2.05, 4.69) is 17.9 Å².